The van der Waals surface area contributed by atoms with Gasteiger partial charge >= 0.3 is 11.5 Å². The second kappa shape index (κ2) is 8.39. The Morgan fingerprint density at radius 2 is 1.90 bits per heavy atom. The van der Waals surface area contributed by atoms with Crippen molar-refractivity contribution >= 4 is 30.1 Å². The zero-order valence-electron chi connectivity index (χ0n) is 10.6. The number of alkyl halides is 3. The number of nitrogens with two attached hydrogens (primary N) is 1. The van der Waals surface area contributed by atoms with E-state index in [0.29, 0.717) is 5.56 Å². The number of halogens is 4. The number of hydrogen-bond acceptors (Lipinski definition) is 4. The van der Waals surface area contributed by atoms with Crippen molar-refractivity contribution in [2.45, 2.75) is 29.8 Å². The molecule has 114 valence electrons. The average Bonchev–Trinajstić information content (AvgIpc) is 2.27. The lowest BCUT2D eigenvalue weighted by atomic mass is 10.1. The van der Waals surface area contributed by atoms with Crippen LogP contribution in [-0.2, 0) is 9.53 Å². The maximum absolute atomic E-state index is 12.1. The van der Waals surface area contributed by atoms with Crippen molar-refractivity contribution in [1.82, 2.24) is 0 Å². The normalized spacial score (nSPS) is 12.4. The molecule has 0 saturated carbocycles. The Bertz CT molecular complexity index is 426. The Kier molecular flexibility index (Phi) is 8.00. The van der Waals surface area contributed by atoms with Gasteiger partial charge in [-0.3, -0.25) is 4.79 Å². The summed E-state index contributed by atoms with van der Waals surface area (Å²) in [7, 11) is 0. The van der Waals surface area contributed by atoms with Gasteiger partial charge in [0.15, 0.2) is 0 Å². The monoisotopic (exact) mass is 329 g/mol. The van der Waals surface area contributed by atoms with Crippen molar-refractivity contribution in [1.29, 1.82) is 0 Å². The first-order valence-corrected chi connectivity index (χ1v) is 6.40. The third-order valence-electron chi connectivity index (χ3n) is 2.23. The molecule has 20 heavy (non-hydrogen) atoms. The molecule has 0 heterocycles. The van der Waals surface area contributed by atoms with Gasteiger partial charge in [0.2, 0.25) is 0 Å². The molecule has 3 nitrogen and oxygen atoms in total. The van der Waals surface area contributed by atoms with Crippen molar-refractivity contribution in [3.05, 3.63) is 29.8 Å². The number of esters is 1. The van der Waals surface area contributed by atoms with Gasteiger partial charge in [-0.2, -0.15) is 13.2 Å². The molecule has 0 aliphatic rings. The van der Waals surface area contributed by atoms with Crippen molar-refractivity contribution in [3.8, 4) is 0 Å². The molecule has 0 aliphatic carbocycles. The molecule has 1 aromatic carbocycles. The molecule has 1 aromatic rings. The number of rotatable bonds is 5. The summed E-state index contributed by atoms with van der Waals surface area (Å²) in [6, 6.07) is 5.05. The van der Waals surface area contributed by atoms with E-state index in [1.165, 1.54) is 24.3 Å². The van der Waals surface area contributed by atoms with Gasteiger partial charge in [-0.05, 0) is 36.4 Å². The van der Waals surface area contributed by atoms with Gasteiger partial charge in [-0.25, -0.2) is 0 Å². The molecular formula is C12H15ClF3NO2S. The number of hydrogen-bond donors (Lipinski definition) is 1. The van der Waals surface area contributed by atoms with Crippen molar-refractivity contribution in [3.63, 3.8) is 0 Å². The highest BCUT2D eigenvalue weighted by Crippen LogP contribution is 2.37. The molecule has 2 N–H and O–H groups in total. The summed E-state index contributed by atoms with van der Waals surface area (Å²) in [5.74, 6) is -0.427. The highest BCUT2D eigenvalue weighted by molar-refractivity contribution is 8.00. The predicted molar refractivity (Wildman–Crippen MR) is 73.8 cm³/mol. The zero-order chi connectivity index (χ0) is 14.5. The van der Waals surface area contributed by atoms with E-state index in [-0.39, 0.29) is 42.1 Å². The third kappa shape index (κ3) is 7.02. The van der Waals surface area contributed by atoms with E-state index in [0.717, 1.165) is 0 Å². The Hall–Kier alpha value is -0.920. The van der Waals surface area contributed by atoms with E-state index < -0.39 is 17.5 Å². The molecular weight excluding hydrogens is 315 g/mol. The molecule has 1 atom stereocenters. The van der Waals surface area contributed by atoms with E-state index in [1.807, 2.05) is 0 Å². The van der Waals surface area contributed by atoms with Crippen LogP contribution in [0.25, 0.3) is 0 Å². The van der Waals surface area contributed by atoms with Crippen LogP contribution in [0, 0.1) is 0 Å². The summed E-state index contributed by atoms with van der Waals surface area (Å²) in [6.07, 6.45) is -0.000396. The lowest BCUT2D eigenvalue weighted by molar-refractivity contribution is -0.143. The molecule has 8 heteroatoms. The SMILES string of the molecule is CCOC(=O)C[C@H](N)c1ccc(SC(F)(F)F)cc1.Cl. The van der Waals surface area contributed by atoms with E-state index >= 15 is 0 Å². The minimum Gasteiger partial charge on any atom is -0.466 e. The molecule has 0 fully saturated rings. The van der Waals surface area contributed by atoms with Crippen LogP contribution in [0.4, 0.5) is 13.2 Å². The van der Waals surface area contributed by atoms with Crippen molar-refractivity contribution in [2.24, 2.45) is 5.73 Å². The van der Waals surface area contributed by atoms with Gasteiger partial charge in [-0.1, -0.05) is 12.1 Å². The molecule has 0 unspecified atom stereocenters. The number of carbonyl (C=O) groups is 1. The van der Waals surface area contributed by atoms with Gasteiger partial charge < -0.3 is 10.5 Å². The number of ether oxygens (including phenoxy) is 1. The van der Waals surface area contributed by atoms with Crippen LogP contribution in [0.5, 0.6) is 0 Å². The maximum atomic E-state index is 12.1. The van der Waals surface area contributed by atoms with Crippen molar-refractivity contribution < 1.29 is 22.7 Å². The van der Waals surface area contributed by atoms with Gasteiger partial charge in [-0.15, -0.1) is 12.4 Å². The average molecular weight is 330 g/mol. The summed E-state index contributed by atoms with van der Waals surface area (Å²) in [4.78, 5) is 11.3. The summed E-state index contributed by atoms with van der Waals surface area (Å²) < 4.78 is 41.2. The number of carbonyl (C=O) groups excluding carboxylic acids is 1. The first-order valence-electron chi connectivity index (χ1n) is 5.58. The van der Waals surface area contributed by atoms with E-state index in [9.17, 15) is 18.0 Å². The topological polar surface area (TPSA) is 52.3 Å². The zero-order valence-corrected chi connectivity index (χ0v) is 12.3. The number of benzene rings is 1. The minimum absolute atomic E-state index is 0. The third-order valence-corrected chi connectivity index (χ3v) is 2.97. The summed E-state index contributed by atoms with van der Waals surface area (Å²) in [5, 5.41) is 0. The Morgan fingerprint density at radius 1 is 1.35 bits per heavy atom. The van der Waals surface area contributed by atoms with Crippen molar-refractivity contribution in [2.75, 3.05) is 6.61 Å². The van der Waals surface area contributed by atoms with Crippen LogP contribution >= 0.6 is 24.2 Å². The minimum atomic E-state index is -4.31. The van der Waals surface area contributed by atoms with Gasteiger partial charge in [0.25, 0.3) is 0 Å². The summed E-state index contributed by atoms with van der Waals surface area (Å²) in [5.41, 5.74) is 2.06. The Balaban J connectivity index is 0.00000361. The quantitative estimate of drug-likeness (QED) is 0.661. The standard InChI is InChI=1S/C12H14F3NO2S.ClH/c1-2-18-11(17)7-10(16)8-3-5-9(6-4-8)19-12(13,14)15;/h3-6,10H,2,7,16H2,1H3;1H/t10-;/m0./s1. The van der Waals surface area contributed by atoms with Crippen LogP contribution in [-0.4, -0.2) is 18.1 Å². The van der Waals surface area contributed by atoms with Crippen LogP contribution in [0.3, 0.4) is 0 Å². The molecule has 0 aromatic heterocycles. The first kappa shape index (κ1) is 19.1. The van der Waals surface area contributed by atoms with E-state index in [4.69, 9.17) is 10.5 Å². The summed E-state index contributed by atoms with van der Waals surface area (Å²) in [6.45, 7) is 1.96. The lowest BCUT2D eigenvalue weighted by Gasteiger charge is -2.12. The molecule has 1 rings (SSSR count). The fourth-order valence-corrected chi connectivity index (χ4v) is 1.97. The van der Waals surface area contributed by atoms with Crippen LogP contribution in [0.1, 0.15) is 24.9 Å². The smallest absolute Gasteiger partial charge is 0.446 e. The highest BCUT2D eigenvalue weighted by atomic mass is 35.5. The highest BCUT2D eigenvalue weighted by Gasteiger charge is 2.29. The molecule has 0 aliphatic heterocycles. The Labute approximate surface area is 125 Å². The Morgan fingerprint density at radius 3 is 2.35 bits per heavy atom. The van der Waals surface area contributed by atoms with Crippen LogP contribution in [0.2, 0.25) is 0 Å². The fraction of sp³-hybridized carbons (Fsp3) is 0.417. The van der Waals surface area contributed by atoms with E-state index in [2.05, 4.69) is 0 Å². The summed E-state index contributed by atoms with van der Waals surface area (Å²) >= 11 is -0.189. The largest absolute Gasteiger partial charge is 0.466 e. The number of thioether (sulfide) groups is 1. The fourth-order valence-electron chi connectivity index (χ4n) is 1.43. The molecule has 0 amide bonds. The lowest BCUT2D eigenvalue weighted by Crippen LogP contribution is -2.17. The predicted octanol–water partition coefficient (Wildman–Crippen LogP) is 3.67. The van der Waals surface area contributed by atoms with Gasteiger partial charge in [0, 0.05) is 10.9 Å². The van der Waals surface area contributed by atoms with E-state index in [1.54, 1.807) is 6.92 Å². The second-order valence-corrected chi connectivity index (χ2v) is 4.87. The molecule has 0 radical (unpaired) electrons. The van der Waals surface area contributed by atoms with Crippen LogP contribution in [0.15, 0.2) is 29.2 Å². The van der Waals surface area contributed by atoms with Gasteiger partial charge in [0.1, 0.15) is 0 Å². The molecule has 0 bridgehead atoms. The maximum Gasteiger partial charge on any atom is 0.446 e. The van der Waals surface area contributed by atoms with Gasteiger partial charge in [0.05, 0.1) is 13.0 Å². The second-order valence-electron chi connectivity index (χ2n) is 3.73. The van der Waals surface area contributed by atoms with Crippen LogP contribution < -0.4 is 5.73 Å². The first-order chi connectivity index (χ1) is 8.81. The molecule has 0 saturated heterocycles. The molecule has 0 spiro atoms.